The summed E-state index contributed by atoms with van der Waals surface area (Å²) >= 11 is 3.55. The van der Waals surface area contributed by atoms with E-state index in [1.165, 1.54) is 23.1 Å². The van der Waals surface area contributed by atoms with Gasteiger partial charge in [-0.15, -0.1) is 11.3 Å². The topological polar surface area (TPSA) is 40.5 Å². The van der Waals surface area contributed by atoms with E-state index in [2.05, 4.69) is 24.3 Å². The summed E-state index contributed by atoms with van der Waals surface area (Å²) in [4.78, 5) is 14.0. The Balaban J connectivity index is 2.41. The largest absolute Gasteiger partial charge is 0.478 e. The molecule has 18 heavy (non-hydrogen) atoms. The first kappa shape index (κ1) is 15.3. The summed E-state index contributed by atoms with van der Waals surface area (Å²) < 4.78 is 0. The Kier molecular flexibility index (Phi) is 7.08. The Hall–Kier alpha value is -0.780. The van der Waals surface area contributed by atoms with Crippen molar-refractivity contribution in [1.29, 1.82) is 0 Å². The van der Waals surface area contributed by atoms with E-state index in [4.69, 9.17) is 5.11 Å². The fourth-order valence-corrected chi connectivity index (χ4v) is 2.91. The number of nitrogens with zero attached hydrogens (tertiary/aromatic N) is 1. The fraction of sp³-hybridized carbons (Fsp3) is 0.462. The van der Waals surface area contributed by atoms with Crippen molar-refractivity contribution in [3.8, 4) is 0 Å². The molecule has 1 aromatic rings. The molecule has 1 rings (SSSR count). The lowest BCUT2D eigenvalue weighted by Crippen LogP contribution is -2.18. The summed E-state index contributed by atoms with van der Waals surface area (Å²) in [6.45, 7) is 2.03. The molecule has 0 bridgehead atoms. The van der Waals surface area contributed by atoms with Crippen LogP contribution in [0.1, 0.15) is 16.9 Å². The summed E-state index contributed by atoms with van der Waals surface area (Å²) in [5.74, 6) is 0.290. The van der Waals surface area contributed by atoms with Gasteiger partial charge in [0.15, 0.2) is 0 Å². The van der Waals surface area contributed by atoms with E-state index in [0.29, 0.717) is 0 Å². The number of hydrogen-bond acceptors (Lipinski definition) is 4. The third-order valence-electron chi connectivity index (χ3n) is 2.41. The molecule has 5 heteroatoms. The number of thiophene rings is 1. The zero-order valence-electron chi connectivity index (χ0n) is 10.8. The summed E-state index contributed by atoms with van der Waals surface area (Å²) in [6.07, 6.45) is 6.14. The van der Waals surface area contributed by atoms with E-state index in [1.54, 1.807) is 17.4 Å². The lowest BCUT2D eigenvalue weighted by Gasteiger charge is -2.14. The summed E-state index contributed by atoms with van der Waals surface area (Å²) in [6, 6.07) is 2.05. The number of rotatable bonds is 8. The Morgan fingerprint density at radius 2 is 2.39 bits per heavy atom. The third kappa shape index (κ3) is 6.23. The highest BCUT2D eigenvalue weighted by Gasteiger charge is 2.03. The number of carboxylic acids is 1. The van der Waals surface area contributed by atoms with Gasteiger partial charge in [-0.25, -0.2) is 4.79 Å². The van der Waals surface area contributed by atoms with Gasteiger partial charge in [0, 0.05) is 17.5 Å². The quantitative estimate of drug-likeness (QED) is 0.589. The molecule has 0 unspecified atom stereocenters. The van der Waals surface area contributed by atoms with Crippen molar-refractivity contribution < 1.29 is 9.90 Å². The van der Waals surface area contributed by atoms with Gasteiger partial charge >= 0.3 is 5.97 Å². The van der Waals surface area contributed by atoms with Crippen LogP contribution < -0.4 is 0 Å². The van der Waals surface area contributed by atoms with Crippen LogP contribution in [-0.2, 0) is 11.3 Å². The molecular formula is C13H19NO2S2. The molecule has 0 saturated carbocycles. The van der Waals surface area contributed by atoms with Crippen LogP contribution in [0, 0.1) is 0 Å². The first-order valence-corrected chi connectivity index (χ1v) is 8.05. The van der Waals surface area contributed by atoms with Gasteiger partial charge in [-0.2, -0.15) is 11.8 Å². The molecule has 1 N–H and O–H groups in total. The SMILES string of the molecule is CSCCCN(C)Cc1cc(/C=C/C(=O)O)cs1. The molecule has 0 aliphatic rings. The highest BCUT2D eigenvalue weighted by atomic mass is 32.2. The zero-order chi connectivity index (χ0) is 13.4. The van der Waals surface area contributed by atoms with E-state index in [0.717, 1.165) is 18.7 Å². The van der Waals surface area contributed by atoms with Crippen LogP contribution in [0.4, 0.5) is 0 Å². The molecule has 0 aliphatic heterocycles. The maximum atomic E-state index is 10.4. The molecule has 0 fully saturated rings. The first-order valence-electron chi connectivity index (χ1n) is 5.77. The van der Waals surface area contributed by atoms with Crippen molar-refractivity contribution in [2.45, 2.75) is 13.0 Å². The van der Waals surface area contributed by atoms with Gasteiger partial charge in [-0.05, 0) is 55.1 Å². The summed E-state index contributed by atoms with van der Waals surface area (Å²) in [5.41, 5.74) is 0.968. The highest BCUT2D eigenvalue weighted by molar-refractivity contribution is 7.98. The number of hydrogen-bond donors (Lipinski definition) is 1. The van der Waals surface area contributed by atoms with Crippen LogP contribution in [0.5, 0.6) is 0 Å². The second-order valence-electron chi connectivity index (χ2n) is 4.10. The molecule has 0 saturated heterocycles. The van der Waals surface area contributed by atoms with E-state index in [-0.39, 0.29) is 0 Å². The maximum Gasteiger partial charge on any atom is 0.328 e. The molecule has 1 aromatic heterocycles. The monoisotopic (exact) mass is 285 g/mol. The molecule has 0 amide bonds. The molecule has 0 spiro atoms. The van der Waals surface area contributed by atoms with Gasteiger partial charge in [0.1, 0.15) is 0 Å². The Morgan fingerprint density at radius 3 is 3.06 bits per heavy atom. The highest BCUT2D eigenvalue weighted by Crippen LogP contribution is 2.17. The average molecular weight is 285 g/mol. The van der Waals surface area contributed by atoms with Crippen LogP contribution in [-0.4, -0.2) is 41.6 Å². The number of carboxylic acid groups (broad SMARTS) is 1. The van der Waals surface area contributed by atoms with Crippen molar-refractivity contribution in [2.75, 3.05) is 25.6 Å². The van der Waals surface area contributed by atoms with Crippen LogP contribution in [0.2, 0.25) is 0 Å². The molecule has 0 aliphatic carbocycles. The molecular weight excluding hydrogens is 266 g/mol. The number of carbonyl (C=O) groups is 1. The van der Waals surface area contributed by atoms with Gasteiger partial charge < -0.3 is 10.0 Å². The molecule has 0 radical (unpaired) electrons. The maximum absolute atomic E-state index is 10.4. The van der Waals surface area contributed by atoms with Crippen LogP contribution in [0.3, 0.4) is 0 Å². The first-order chi connectivity index (χ1) is 8.61. The van der Waals surface area contributed by atoms with Gasteiger partial charge in [0.05, 0.1) is 0 Å². The van der Waals surface area contributed by atoms with E-state index in [1.807, 2.05) is 17.1 Å². The smallest absolute Gasteiger partial charge is 0.328 e. The molecule has 1 heterocycles. The predicted molar refractivity (Wildman–Crippen MR) is 80.3 cm³/mol. The van der Waals surface area contributed by atoms with Crippen molar-refractivity contribution in [2.24, 2.45) is 0 Å². The lowest BCUT2D eigenvalue weighted by molar-refractivity contribution is -0.131. The molecule has 0 atom stereocenters. The molecule has 3 nitrogen and oxygen atoms in total. The van der Waals surface area contributed by atoms with Crippen molar-refractivity contribution in [3.05, 3.63) is 28.0 Å². The van der Waals surface area contributed by atoms with Crippen molar-refractivity contribution >= 4 is 35.1 Å². The number of aliphatic carboxylic acids is 1. The van der Waals surface area contributed by atoms with Gasteiger partial charge in [-0.1, -0.05) is 0 Å². The fourth-order valence-electron chi connectivity index (χ4n) is 1.56. The summed E-state index contributed by atoms with van der Waals surface area (Å²) in [5, 5.41) is 10.5. The van der Waals surface area contributed by atoms with Gasteiger partial charge in [-0.3, -0.25) is 0 Å². The average Bonchev–Trinajstić information content (AvgIpc) is 2.74. The number of thioether (sulfide) groups is 1. The molecule has 0 aromatic carbocycles. The van der Waals surface area contributed by atoms with Crippen LogP contribution in [0.25, 0.3) is 6.08 Å². The summed E-state index contributed by atoms with van der Waals surface area (Å²) in [7, 11) is 2.12. The van der Waals surface area contributed by atoms with Crippen molar-refractivity contribution in [1.82, 2.24) is 4.90 Å². The minimum atomic E-state index is -0.906. The minimum absolute atomic E-state index is 0.906. The van der Waals surface area contributed by atoms with Gasteiger partial charge in [0.2, 0.25) is 0 Å². The van der Waals surface area contributed by atoms with E-state index < -0.39 is 5.97 Å². The van der Waals surface area contributed by atoms with Crippen LogP contribution >= 0.6 is 23.1 Å². The van der Waals surface area contributed by atoms with Gasteiger partial charge in [0.25, 0.3) is 0 Å². The Bertz CT molecular complexity index is 401. The van der Waals surface area contributed by atoms with Crippen LogP contribution in [0.15, 0.2) is 17.5 Å². The second-order valence-corrected chi connectivity index (χ2v) is 6.08. The van der Waals surface area contributed by atoms with E-state index >= 15 is 0 Å². The Morgan fingerprint density at radius 1 is 1.61 bits per heavy atom. The Labute approximate surface area is 117 Å². The third-order valence-corrected chi connectivity index (χ3v) is 4.04. The lowest BCUT2D eigenvalue weighted by atomic mass is 10.3. The molecule has 100 valence electrons. The normalized spacial score (nSPS) is 11.5. The standard InChI is InChI=1S/C13H19NO2S2/c1-14(6-3-7-17-2)9-12-8-11(10-18-12)4-5-13(15)16/h4-5,8,10H,3,6-7,9H2,1-2H3,(H,15,16)/b5-4+. The predicted octanol–water partition coefficient (Wildman–Crippen LogP) is 3.03. The van der Waals surface area contributed by atoms with E-state index in [9.17, 15) is 4.79 Å². The minimum Gasteiger partial charge on any atom is -0.478 e. The van der Waals surface area contributed by atoms with Crippen molar-refractivity contribution in [3.63, 3.8) is 0 Å². The second kappa shape index (κ2) is 8.34. The zero-order valence-corrected chi connectivity index (χ0v) is 12.4.